The molecule has 0 aromatic carbocycles. The Morgan fingerprint density at radius 3 is 2.90 bits per heavy atom. The maximum atomic E-state index is 12.7. The van der Waals surface area contributed by atoms with E-state index in [1.54, 1.807) is 11.3 Å². The monoisotopic (exact) mass is 356 g/mol. The normalized spacial score (nSPS) is 27.4. The van der Waals surface area contributed by atoms with Gasteiger partial charge in [0.2, 0.25) is 0 Å². The van der Waals surface area contributed by atoms with E-state index in [-0.39, 0.29) is 5.91 Å². The van der Waals surface area contributed by atoms with Crippen LogP contribution in [0.4, 0.5) is 0 Å². The van der Waals surface area contributed by atoms with Crippen molar-refractivity contribution >= 4 is 33.2 Å². The summed E-state index contributed by atoms with van der Waals surface area (Å²) in [5.41, 5.74) is 1.15. The van der Waals surface area contributed by atoms with Gasteiger partial charge in [0.15, 0.2) is 0 Å². The quantitative estimate of drug-likeness (QED) is 0.768. The zero-order chi connectivity index (χ0) is 14.3. The molecule has 1 aromatic heterocycles. The van der Waals surface area contributed by atoms with Gasteiger partial charge in [-0.2, -0.15) is 0 Å². The van der Waals surface area contributed by atoms with Crippen LogP contribution in [0.3, 0.4) is 0 Å². The van der Waals surface area contributed by atoms with Crippen molar-refractivity contribution in [3.8, 4) is 0 Å². The summed E-state index contributed by atoms with van der Waals surface area (Å²) < 4.78 is 1.07. The molecular weight excluding hydrogens is 336 g/mol. The molecule has 0 bridgehead atoms. The molecule has 0 radical (unpaired) electrons. The van der Waals surface area contributed by atoms with Crippen molar-refractivity contribution in [3.63, 3.8) is 0 Å². The summed E-state index contributed by atoms with van der Waals surface area (Å²) in [4.78, 5) is 18.3. The summed E-state index contributed by atoms with van der Waals surface area (Å²) in [5.74, 6) is 0.210. The van der Waals surface area contributed by atoms with Gasteiger partial charge in [-0.1, -0.05) is 6.42 Å². The predicted molar refractivity (Wildman–Crippen MR) is 86.5 cm³/mol. The molecule has 0 N–H and O–H groups in total. The molecule has 110 valence electrons. The van der Waals surface area contributed by atoms with Crippen molar-refractivity contribution < 1.29 is 4.79 Å². The maximum absolute atomic E-state index is 12.7. The lowest BCUT2D eigenvalue weighted by molar-refractivity contribution is 0.0155. The van der Waals surface area contributed by atoms with Crippen LogP contribution in [0.25, 0.3) is 0 Å². The average Bonchev–Trinajstić information content (AvgIpc) is 2.77. The second-order valence-corrected chi connectivity index (χ2v) is 8.39. The standard InChI is InChI=1S/C15H21BrN2OS/c1-10-7-13(20-14(10)16)15(19)18-9-12-5-3-4-6-17(12)8-11(18)2/h7,11-12H,3-6,8-9H2,1-2H3. The summed E-state index contributed by atoms with van der Waals surface area (Å²) in [6, 6.07) is 2.91. The highest BCUT2D eigenvalue weighted by Gasteiger charge is 2.35. The Morgan fingerprint density at radius 1 is 1.40 bits per heavy atom. The van der Waals surface area contributed by atoms with E-state index in [4.69, 9.17) is 0 Å². The predicted octanol–water partition coefficient (Wildman–Crippen LogP) is 3.52. The van der Waals surface area contributed by atoms with E-state index in [0.717, 1.165) is 27.3 Å². The third kappa shape index (κ3) is 2.68. The number of amides is 1. The Bertz CT molecular complexity index is 496. The van der Waals surface area contributed by atoms with Gasteiger partial charge in [-0.25, -0.2) is 0 Å². The molecule has 3 heterocycles. The number of carbonyl (C=O) groups is 1. The molecule has 0 saturated carbocycles. The van der Waals surface area contributed by atoms with Gasteiger partial charge in [-0.15, -0.1) is 11.3 Å². The number of fused-ring (bicyclic) bond motifs is 1. The molecule has 2 saturated heterocycles. The van der Waals surface area contributed by atoms with Gasteiger partial charge < -0.3 is 4.90 Å². The third-order valence-corrected chi connectivity index (χ3v) is 6.64. The topological polar surface area (TPSA) is 23.6 Å². The van der Waals surface area contributed by atoms with Crippen LogP contribution in [0.1, 0.15) is 41.4 Å². The van der Waals surface area contributed by atoms with Crippen molar-refractivity contribution in [1.29, 1.82) is 0 Å². The van der Waals surface area contributed by atoms with Crippen molar-refractivity contribution in [2.45, 2.75) is 45.2 Å². The Balaban J connectivity index is 1.77. The number of hydrogen-bond acceptors (Lipinski definition) is 3. The summed E-state index contributed by atoms with van der Waals surface area (Å²) >= 11 is 5.08. The van der Waals surface area contributed by atoms with Gasteiger partial charge in [0.25, 0.3) is 5.91 Å². The number of carbonyl (C=O) groups excluding carboxylic acids is 1. The van der Waals surface area contributed by atoms with Crippen LogP contribution in [0, 0.1) is 6.92 Å². The smallest absolute Gasteiger partial charge is 0.264 e. The van der Waals surface area contributed by atoms with Crippen molar-refractivity contribution in [2.75, 3.05) is 19.6 Å². The largest absolute Gasteiger partial charge is 0.332 e. The molecule has 0 aliphatic carbocycles. The lowest BCUT2D eigenvalue weighted by atomic mass is 9.97. The van der Waals surface area contributed by atoms with Crippen LogP contribution in [0.15, 0.2) is 9.85 Å². The molecular formula is C15H21BrN2OS. The van der Waals surface area contributed by atoms with Crippen LogP contribution in [-0.4, -0.2) is 47.4 Å². The number of hydrogen-bond donors (Lipinski definition) is 0. The zero-order valence-electron chi connectivity index (χ0n) is 12.1. The van der Waals surface area contributed by atoms with E-state index in [1.807, 2.05) is 13.0 Å². The van der Waals surface area contributed by atoms with Gasteiger partial charge in [-0.3, -0.25) is 9.69 Å². The molecule has 2 atom stereocenters. The van der Waals surface area contributed by atoms with Crippen LogP contribution in [0.2, 0.25) is 0 Å². The molecule has 1 amide bonds. The number of nitrogens with zero attached hydrogens (tertiary/aromatic N) is 2. The van der Waals surface area contributed by atoms with Gasteiger partial charge in [0.05, 0.1) is 8.66 Å². The highest BCUT2D eigenvalue weighted by atomic mass is 79.9. The fourth-order valence-corrected chi connectivity index (χ4v) is 4.83. The Kier molecular flexibility index (Phi) is 4.20. The molecule has 2 unspecified atom stereocenters. The minimum absolute atomic E-state index is 0.210. The second kappa shape index (κ2) is 5.78. The first-order valence-electron chi connectivity index (χ1n) is 7.37. The third-order valence-electron chi connectivity index (χ3n) is 4.52. The first kappa shape index (κ1) is 14.5. The summed E-state index contributed by atoms with van der Waals surface area (Å²) in [5, 5.41) is 0. The number of piperazine rings is 1. The fourth-order valence-electron chi connectivity index (χ4n) is 3.34. The summed E-state index contributed by atoms with van der Waals surface area (Å²) in [6.07, 6.45) is 3.86. The van der Waals surface area contributed by atoms with Gasteiger partial charge >= 0.3 is 0 Å². The highest BCUT2D eigenvalue weighted by Crippen LogP contribution is 2.30. The van der Waals surface area contributed by atoms with Gasteiger partial charge in [0.1, 0.15) is 0 Å². The second-order valence-electron chi connectivity index (χ2n) is 6.02. The number of piperidine rings is 1. The Labute approximate surface area is 133 Å². The minimum atomic E-state index is 0.210. The molecule has 20 heavy (non-hydrogen) atoms. The molecule has 2 aliphatic rings. The molecule has 0 spiro atoms. The highest BCUT2D eigenvalue weighted by molar-refractivity contribution is 9.11. The van der Waals surface area contributed by atoms with E-state index < -0.39 is 0 Å². The van der Waals surface area contributed by atoms with Gasteiger partial charge in [0, 0.05) is 25.2 Å². The number of aryl methyl sites for hydroxylation is 1. The fraction of sp³-hybridized carbons (Fsp3) is 0.667. The zero-order valence-corrected chi connectivity index (χ0v) is 14.5. The Morgan fingerprint density at radius 2 is 2.20 bits per heavy atom. The van der Waals surface area contributed by atoms with E-state index in [9.17, 15) is 4.79 Å². The summed E-state index contributed by atoms with van der Waals surface area (Å²) in [6.45, 7) is 7.36. The Hall–Kier alpha value is -0.390. The molecule has 1 aromatic rings. The number of thiophene rings is 1. The van der Waals surface area contributed by atoms with Crippen LogP contribution in [-0.2, 0) is 0 Å². The minimum Gasteiger partial charge on any atom is -0.332 e. The first-order valence-corrected chi connectivity index (χ1v) is 8.98. The maximum Gasteiger partial charge on any atom is 0.264 e. The van der Waals surface area contributed by atoms with Crippen LogP contribution in [0.5, 0.6) is 0 Å². The van der Waals surface area contributed by atoms with Gasteiger partial charge in [-0.05, 0) is 60.8 Å². The number of rotatable bonds is 1. The SMILES string of the molecule is Cc1cc(C(=O)N2CC3CCCCN3CC2C)sc1Br. The van der Waals surface area contributed by atoms with Crippen molar-refractivity contribution in [3.05, 3.63) is 20.3 Å². The average molecular weight is 357 g/mol. The molecule has 2 aliphatic heterocycles. The van der Waals surface area contributed by atoms with Crippen molar-refractivity contribution in [2.24, 2.45) is 0 Å². The molecule has 2 fully saturated rings. The lowest BCUT2D eigenvalue weighted by Crippen LogP contribution is -2.60. The molecule has 3 nitrogen and oxygen atoms in total. The van der Waals surface area contributed by atoms with E-state index >= 15 is 0 Å². The van der Waals surface area contributed by atoms with Crippen LogP contribution < -0.4 is 0 Å². The van der Waals surface area contributed by atoms with E-state index in [1.165, 1.54) is 25.8 Å². The molecule has 3 rings (SSSR count). The summed E-state index contributed by atoms with van der Waals surface area (Å²) in [7, 11) is 0. The first-order chi connectivity index (χ1) is 9.56. The van der Waals surface area contributed by atoms with Crippen molar-refractivity contribution in [1.82, 2.24) is 9.80 Å². The lowest BCUT2D eigenvalue weighted by Gasteiger charge is -2.47. The van der Waals surface area contributed by atoms with E-state index in [2.05, 4.69) is 32.7 Å². The van der Waals surface area contributed by atoms with Crippen LogP contribution >= 0.6 is 27.3 Å². The molecule has 5 heteroatoms. The number of halogens is 1. The van der Waals surface area contributed by atoms with E-state index in [0.29, 0.717) is 12.1 Å².